The van der Waals surface area contributed by atoms with Gasteiger partial charge in [0, 0.05) is 0 Å². The Balaban J connectivity index is 0.000000243. The van der Waals surface area contributed by atoms with Crippen LogP contribution in [0.3, 0.4) is 0 Å². The van der Waals surface area contributed by atoms with Gasteiger partial charge in [-0.15, -0.1) is 0 Å². The molecule has 2 rings (SSSR count). The Morgan fingerprint density at radius 3 is 1.42 bits per heavy atom. The number of rotatable bonds is 0. The summed E-state index contributed by atoms with van der Waals surface area (Å²) in [6.45, 7) is 22.3. The Kier molecular flexibility index (Phi) is 6.45. The van der Waals surface area contributed by atoms with Gasteiger partial charge in [-0.3, -0.25) is 0 Å². The van der Waals surface area contributed by atoms with Gasteiger partial charge in [-0.25, -0.2) is 0 Å². The van der Waals surface area contributed by atoms with E-state index in [2.05, 4.69) is 106 Å². The lowest BCUT2D eigenvalue weighted by molar-refractivity contribution is 0.585. The second-order valence-electron chi connectivity index (χ2n) is 8.99. The van der Waals surface area contributed by atoms with Crippen molar-refractivity contribution < 1.29 is 0 Å². The Morgan fingerprint density at radius 2 is 1.00 bits per heavy atom. The summed E-state index contributed by atoms with van der Waals surface area (Å²) in [5.74, 6) is 0. The van der Waals surface area contributed by atoms with E-state index in [0.717, 1.165) is 0 Å². The van der Waals surface area contributed by atoms with E-state index in [-0.39, 0.29) is 10.8 Å². The minimum atomic E-state index is 0.266. The van der Waals surface area contributed by atoms with Crippen molar-refractivity contribution in [3.63, 3.8) is 0 Å². The molecule has 0 nitrogen and oxygen atoms in total. The molecule has 132 valence electrons. The molecule has 0 heteroatoms. The van der Waals surface area contributed by atoms with Crippen LogP contribution in [0.5, 0.6) is 0 Å². The zero-order valence-corrected chi connectivity index (χ0v) is 17.5. The van der Waals surface area contributed by atoms with Crippen molar-refractivity contribution in [1.29, 1.82) is 0 Å². The van der Waals surface area contributed by atoms with Crippen molar-refractivity contribution in [2.75, 3.05) is 0 Å². The smallest absolute Gasteiger partial charge is 0.0129 e. The zero-order chi connectivity index (χ0) is 18.7. The van der Waals surface area contributed by atoms with Crippen molar-refractivity contribution in [2.45, 2.75) is 80.1 Å². The summed E-state index contributed by atoms with van der Waals surface area (Å²) < 4.78 is 0. The standard InChI is InChI=1S/C13H20.C11H16/c1-9-7-8-12(13(4,5)6)11(3)10(9)2;1-9-7-5-6-8-10(9)11(2,3)4/h7-8H,1-6H3;5-8H,1-4H3. The zero-order valence-electron chi connectivity index (χ0n) is 17.5. The second kappa shape index (κ2) is 7.55. The largest absolute Gasteiger partial charge is 0.0620 e. The van der Waals surface area contributed by atoms with Crippen LogP contribution in [-0.2, 0) is 10.8 Å². The maximum absolute atomic E-state index is 2.27. The van der Waals surface area contributed by atoms with Crippen molar-refractivity contribution in [3.8, 4) is 0 Å². The van der Waals surface area contributed by atoms with Crippen molar-refractivity contribution >= 4 is 0 Å². The van der Waals surface area contributed by atoms with Gasteiger partial charge in [-0.2, -0.15) is 0 Å². The van der Waals surface area contributed by atoms with Crippen LogP contribution < -0.4 is 0 Å². The monoisotopic (exact) mass is 324 g/mol. The molecule has 0 aromatic heterocycles. The van der Waals surface area contributed by atoms with E-state index in [1.807, 2.05) is 0 Å². The maximum Gasteiger partial charge on any atom is -0.0129 e. The summed E-state index contributed by atoms with van der Waals surface area (Å²) in [5.41, 5.74) is 9.13. The van der Waals surface area contributed by atoms with Crippen LogP contribution >= 0.6 is 0 Å². The van der Waals surface area contributed by atoms with E-state index < -0.39 is 0 Å². The summed E-state index contributed by atoms with van der Waals surface area (Å²) in [4.78, 5) is 0. The summed E-state index contributed by atoms with van der Waals surface area (Å²) in [7, 11) is 0. The molecule has 2 aromatic rings. The lowest BCUT2D eigenvalue weighted by Crippen LogP contribution is -2.13. The van der Waals surface area contributed by atoms with Gasteiger partial charge in [0.1, 0.15) is 0 Å². The molecule has 0 spiro atoms. The lowest BCUT2D eigenvalue weighted by Gasteiger charge is -2.23. The van der Waals surface area contributed by atoms with Crippen molar-refractivity contribution in [3.05, 3.63) is 69.8 Å². The van der Waals surface area contributed by atoms with Crippen molar-refractivity contribution in [1.82, 2.24) is 0 Å². The minimum Gasteiger partial charge on any atom is -0.0620 e. The summed E-state index contributed by atoms with van der Waals surface area (Å²) in [6, 6.07) is 13.1. The highest BCUT2D eigenvalue weighted by atomic mass is 14.2. The number of hydrogen-bond donors (Lipinski definition) is 0. The third-order valence-electron chi connectivity index (χ3n) is 4.82. The van der Waals surface area contributed by atoms with Gasteiger partial charge in [0.05, 0.1) is 0 Å². The van der Waals surface area contributed by atoms with Gasteiger partial charge in [-0.05, 0) is 71.9 Å². The lowest BCUT2D eigenvalue weighted by atomic mass is 9.82. The summed E-state index contributed by atoms with van der Waals surface area (Å²) in [6.07, 6.45) is 0. The van der Waals surface area contributed by atoms with Crippen LogP contribution in [0.4, 0.5) is 0 Å². The molecule has 0 amide bonds. The highest BCUT2D eigenvalue weighted by Crippen LogP contribution is 2.28. The molecule has 0 saturated carbocycles. The van der Waals surface area contributed by atoms with Gasteiger partial charge >= 0.3 is 0 Å². The van der Waals surface area contributed by atoms with Gasteiger partial charge in [0.2, 0.25) is 0 Å². The molecular formula is C24H36. The first-order valence-electron chi connectivity index (χ1n) is 8.99. The van der Waals surface area contributed by atoms with Gasteiger partial charge in [-0.1, -0.05) is 77.9 Å². The van der Waals surface area contributed by atoms with Gasteiger partial charge in [0.15, 0.2) is 0 Å². The van der Waals surface area contributed by atoms with Crippen LogP contribution in [-0.4, -0.2) is 0 Å². The Bertz CT molecular complexity index is 676. The molecule has 0 atom stereocenters. The SMILES string of the molecule is Cc1ccc(C(C)(C)C)c(C)c1C.Cc1ccccc1C(C)(C)C. The third-order valence-corrected chi connectivity index (χ3v) is 4.82. The number of benzene rings is 2. The van der Waals surface area contributed by atoms with Crippen molar-refractivity contribution in [2.24, 2.45) is 0 Å². The molecule has 0 bridgehead atoms. The topological polar surface area (TPSA) is 0 Å². The Morgan fingerprint density at radius 1 is 0.500 bits per heavy atom. The van der Waals surface area contributed by atoms with E-state index in [1.54, 1.807) is 0 Å². The normalized spacial score (nSPS) is 11.8. The molecule has 0 unspecified atom stereocenters. The van der Waals surface area contributed by atoms with Crippen LogP contribution in [0.1, 0.15) is 74.9 Å². The molecule has 0 aliphatic carbocycles. The van der Waals surface area contributed by atoms with E-state index in [0.29, 0.717) is 0 Å². The van der Waals surface area contributed by atoms with E-state index in [4.69, 9.17) is 0 Å². The maximum atomic E-state index is 2.27. The molecule has 0 aliphatic heterocycles. The fourth-order valence-corrected chi connectivity index (χ4v) is 3.18. The van der Waals surface area contributed by atoms with Gasteiger partial charge < -0.3 is 0 Å². The predicted molar refractivity (Wildman–Crippen MR) is 109 cm³/mol. The molecule has 0 fully saturated rings. The highest BCUT2D eigenvalue weighted by molar-refractivity contribution is 5.41. The second-order valence-corrected chi connectivity index (χ2v) is 8.99. The number of aryl methyl sites for hydroxylation is 2. The average Bonchev–Trinajstić information content (AvgIpc) is 2.43. The fourth-order valence-electron chi connectivity index (χ4n) is 3.18. The molecule has 0 saturated heterocycles. The average molecular weight is 325 g/mol. The molecule has 24 heavy (non-hydrogen) atoms. The first-order valence-corrected chi connectivity index (χ1v) is 8.99. The fraction of sp³-hybridized carbons (Fsp3) is 0.500. The van der Waals surface area contributed by atoms with E-state index in [1.165, 1.54) is 33.4 Å². The third kappa shape index (κ3) is 5.23. The molecule has 0 N–H and O–H groups in total. The van der Waals surface area contributed by atoms with Crippen LogP contribution in [0.25, 0.3) is 0 Å². The molecule has 2 aromatic carbocycles. The van der Waals surface area contributed by atoms with E-state index >= 15 is 0 Å². The molecule has 0 radical (unpaired) electrons. The number of hydrogen-bond acceptors (Lipinski definition) is 0. The molecule has 0 aliphatic rings. The van der Waals surface area contributed by atoms with Gasteiger partial charge in [0.25, 0.3) is 0 Å². The van der Waals surface area contributed by atoms with Crippen LogP contribution in [0.2, 0.25) is 0 Å². The molecular weight excluding hydrogens is 288 g/mol. The summed E-state index contributed by atoms with van der Waals surface area (Å²) in [5, 5.41) is 0. The highest BCUT2D eigenvalue weighted by Gasteiger charge is 2.17. The Hall–Kier alpha value is -1.56. The Labute approximate surface area is 150 Å². The quantitative estimate of drug-likeness (QED) is 0.480. The van der Waals surface area contributed by atoms with E-state index in [9.17, 15) is 0 Å². The first kappa shape index (κ1) is 20.5. The molecule has 0 heterocycles. The minimum absolute atomic E-state index is 0.266. The van der Waals surface area contributed by atoms with Crippen LogP contribution in [0, 0.1) is 27.7 Å². The first-order chi connectivity index (χ1) is 10.9. The summed E-state index contributed by atoms with van der Waals surface area (Å²) >= 11 is 0. The predicted octanol–water partition coefficient (Wildman–Crippen LogP) is 7.20. The van der Waals surface area contributed by atoms with Crippen LogP contribution in [0.15, 0.2) is 36.4 Å².